The van der Waals surface area contributed by atoms with Crippen molar-refractivity contribution in [1.82, 2.24) is 0 Å². The van der Waals surface area contributed by atoms with Crippen molar-refractivity contribution in [3.8, 4) is 0 Å². The van der Waals surface area contributed by atoms with Gasteiger partial charge in [-0.2, -0.15) is 0 Å². The third-order valence-electron chi connectivity index (χ3n) is 5.58. The van der Waals surface area contributed by atoms with E-state index >= 15 is 0 Å². The van der Waals surface area contributed by atoms with Crippen molar-refractivity contribution in [3.05, 3.63) is 72.4 Å². The summed E-state index contributed by atoms with van der Waals surface area (Å²) in [6.45, 7) is 11.9. The van der Waals surface area contributed by atoms with Gasteiger partial charge >= 0.3 is 0 Å². The summed E-state index contributed by atoms with van der Waals surface area (Å²) >= 11 is 0. The van der Waals surface area contributed by atoms with Crippen molar-refractivity contribution >= 4 is 18.4 Å². The lowest BCUT2D eigenvalue weighted by Crippen LogP contribution is -2.63. The Bertz CT molecular complexity index is 625. The van der Waals surface area contributed by atoms with E-state index in [2.05, 4.69) is 107 Å². The Hall–Kier alpha value is -1.60. The molecule has 0 N–H and O–H groups in total. The molecule has 0 spiro atoms. The standard InChI is InChI=1S/C25H36Si/c1-6-7-10-15-22(2)20-21-26(25(3,4)5,23-16-11-8-12-17-23)24-18-13-9-14-19-24/h8-9,11-14,16-22H,6-7,10,15H2,1-5H3/b21-20+/t22-/m0/s1. The Balaban J connectivity index is 2.51. The molecule has 0 fully saturated rings. The summed E-state index contributed by atoms with van der Waals surface area (Å²) in [6.07, 6.45) is 7.79. The van der Waals surface area contributed by atoms with Crippen molar-refractivity contribution in [2.24, 2.45) is 5.92 Å². The maximum atomic E-state index is 2.63. The molecule has 0 aliphatic heterocycles. The summed E-state index contributed by atoms with van der Waals surface area (Å²) in [4.78, 5) is 0. The van der Waals surface area contributed by atoms with E-state index in [1.54, 1.807) is 0 Å². The van der Waals surface area contributed by atoms with Gasteiger partial charge in [0.05, 0.1) is 0 Å². The second-order valence-corrected chi connectivity index (χ2v) is 13.2. The van der Waals surface area contributed by atoms with Crippen LogP contribution in [0.25, 0.3) is 0 Å². The molecule has 1 atom stereocenters. The second-order valence-electron chi connectivity index (χ2n) is 8.62. The van der Waals surface area contributed by atoms with Crippen LogP contribution in [0.1, 0.15) is 60.3 Å². The Morgan fingerprint density at radius 1 is 0.846 bits per heavy atom. The zero-order valence-corrected chi connectivity index (χ0v) is 18.3. The van der Waals surface area contributed by atoms with Crippen molar-refractivity contribution < 1.29 is 0 Å². The molecule has 0 aliphatic carbocycles. The highest BCUT2D eigenvalue weighted by atomic mass is 28.3. The first-order valence-electron chi connectivity index (χ1n) is 10.2. The van der Waals surface area contributed by atoms with Crippen LogP contribution in [0.3, 0.4) is 0 Å². The molecule has 0 nitrogen and oxygen atoms in total. The molecule has 2 aromatic rings. The van der Waals surface area contributed by atoms with Gasteiger partial charge in [0.25, 0.3) is 0 Å². The lowest BCUT2D eigenvalue weighted by Gasteiger charge is -2.42. The smallest absolute Gasteiger partial charge is 0.0892 e. The minimum atomic E-state index is -2.04. The van der Waals surface area contributed by atoms with Crippen LogP contribution in [0.5, 0.6) is 0 Å². The number of benzene rings is 2. The predicted molar refractivity (Wildman–Crippen MR) is 120 cm³/mol. The van der Waals surface area contributed by atoms with Crippen LogP contribution in [0.4, 0.5) is 0 Å². The highest BCUT2D eigenvalue weighted by molar-refractivity contribution is 7.07. The van der Waals surface area contributed by atoms with Crippen molar-refractivity contribution in [2.75, 3.05) is 0 Å². The van der Waals surface area contributed by atoms with E-state index in [0.29, 0.717) is 5.92 Å². The lowest BCUT2D eigenvalue weighted by molar-refractivity contribution is 0.576. The fourth-order valence-electron chi connectivity index (χ4n) is 4.00. The Morgan fingerprint density at radius 3 is 1.77 bits per heavy atom. The van der Waals surface area contributed by atoms with Crippen LogP contribution in [0.15, 0.2) is 72.4 Å². The molecule has 0 aromatic heterocycles. The fourth-order valence-corrected chi connectivity index (χ4v) is 9.00. The summed E-state index contributed by atoms with van der Waals surface area (Å²) in [7, 11) is -2.04. The molecule has 2 aromatic carbocycles. The lowest BCUT2D eigenvalue weighted by atomic mass is 10.0. The molecule has 0 radical (unpaired) electrons. The molecule has 0 saturated heterocycles. The van der Waals surface area contributed by atoms with Gasteiger partial charge in [0, 0.05) is 0 Å². The largest absolute Gasteiger partial charge is 0.146 e. The highest BCUT2D eigenvalue weighted by Gasteiger charge is 2.45. The van der Waals surface area contributed by atoms with E-state index in [-0.39, 0.29) is 5.04 Å². The minimum absolute atomic E-state index is 0.204. The van der Waals surface area contributed by atoms with Gasteiger partial charge in [0.2, 0.25) is 0 Å². The SMILES string of the molecule is CCCCC[C@H](C)/C=C/[Si](c1ccccc1)(c1ccccc1)C(C)(C)C. The predicted octanol–water partition coefficient (Wildman–Crippen LogP) is 6.36. The summed E-state index contributed by atoms with van der Waals surface area (Å²) in [5.74, 6) is 0.642. The average molecular weight is 365 g/mol. The van der Waals surface area contributed by atoms with Crippen LogP contribution in [0, 0.1) is 5.92 Å². The van der Waals surface area contributed by atoms with Gasteiger partial charge in [0.1, 0.15) is 8.07 Å². The van der Waals surface area contributed by atoms with Gasteiger partial charge in [-0.3, -0.25) is 0 Å². The van der Waals surface area contributed by atoms with Gasteiger partial charge in [-0.1, -0.05) is 126 Å². The molecular formula is C25H36Si. The maximum Gasteiger partial charge on any atom is 0.146 e. The van der Waals surface area contributed by atoms with E-state index in [0.717, 1.165) is 0 Å². The molecular weight excluding hydrogens is 328 g/mol. The molecule has 0 amide bonds. The molecule has 140 valence electrons. The van der Waals surface area contributed by atoms with E-state index < -0.39 is 8.07 Å². The molecule has 0 heterocycles. The van der Waals surface area contributed by atoms with Gasteiger partial charge in [0.15, 0.2) is 0 Å². The van der Waals surface area contributed by atoms with Crippen LogP contribution in [-0.4, -0.2) is 8.07 Å². The van der Waals surface area contributed by atoms with Gasteiger partial charge in [-0.15, -0.1) is 0 Å². The Kier molecular flexibility index (Phi) is 7.46. The van der Waals surface area contributed by atoms with Crippen LogP contribution in [0.2, 0.25) is 5.04 Å². The molecule has 0 aliphatic rings. The van der Waals surface area contributed by atoms with E-state index in [4.69, 9.17) is 0 Å². The normalized spacial score (nSPS) is 13.9. The number of hydrogen-bond acceptors (Lipinski definition) is 0. The topological polar surface area (TPSA) is 0 Å². The summed E-state index contributed by atoms with van der Waals surface area (Å²) in [5, 5.41) is 3.22. The maximum absolute atomic E-state index is 2.63. The monoisotopic (exact) mass is 364 g/mol. The summed E-state index contributed by atoms with van der Waals surface area (Å²) < 4.78 is 0. The minimum Gasteiger partial charge on any atom is -0.0892 e. The van der Waals surface area contributed by atoms with Crippen molar-refractivity contribution in [1.29, 1.82) is 0 Å². The molecule has 0 bridgehead atoms. The van der Waals surface area contributed by atoms with E-state index in [1.807, 2.05) is 0 Å². The molecule has 0 unspecified atom stereocenters. The zero-order valence-electron chi connectivity index (χ0n) is 17.3. The summed E-state index contributed by atoms with van der Waals surface area (Å²) in [6, 6.07) is 22.4. The van der Waals surface area contributed by atoms with E-state index in [9.17, 15) is 0 Å². The van der Waals surface area contributed by atoms with Crippen molar-refractivity contribution in [3.63, 3.8) is 0 Å². The number of rotatable bonds is 8. The second kappa shape index (κ2) is 9.37. The molecule has 1 heteroatoms. The first-order chi connectivity index (χ1) is 12.4. The van der Waals surface area contributed by atoms with Crippen LogP contribution in [-0.2, 0) is 0 Å². The highest BCUT2D eigenvalue weighted by Crippen LogP contribution is 2.37. The summed E-state index contributed by atoms with van der Waals surface area (Å²) in [5.41, 5.74) is 2.63. The van der Waals surface area contributed by atoms with Crippen LogP contribution < -0.4 is 10.4 Å². The zero-order chi connectivity index (χ0) is 19.0. The quantitative estimate of drug-likeness (QED) is 0.377. The van der Waals surface area contributed by atoms with E-state index in [1.165, 1.54) is 36.1 Å². The first kappa shape index (κ1) is 20.7. The average Bonchev–Trinajstić information content (AvgIpc) is 2.63. The molecule has 26 heavy (non-hydrogen) atoms. The Labute approximate surface area is 162 Å². The fraction of sp³-hybridized carbons (Fsp3) is 0.440. The van der Waals surface area contributed by atoms with Crippen LogP contribution >= 0.6 is 0 Å². The molecule has 2 rings (SSSR count). The third-order valence-corrected chi connectivity index (χ3v) is 11.1. The number of allylic oxidation sites excluding steroid dienone is 1. The first-order valence-corrected chi connectivity index (χ1v) is 12.3. The number of hydrogen-bond donors (Lipinski definition) is 0. The molecule has 0 saturated carbocycles. The Morgan fingerprint density at radius 2 is 1.35 bits per heavy atom. The van der Waals surface area contributed by atoms with Gasteiger partial charge in [-0.05, 0) is 27.8 Å². The third kappa shape index (κ3) is 4.76. The van der Waals surface area contributed by atoms with Gasteiger partial charge in [-0.25, -0.2) is 0 Å². The number of unbranched alkanes of at least 4 members (excludes halogenated alkanes) is 2. The van der Waals surface area contributed by atoms with Crippen molar-refractivity contribution in [2.45, 2.75) is 65.3 Å². The van der Waals surface area contributed by atoms with Gasteiger partial charge < -0.3 is 0 Å².